The fourth-order valence-corrected chi connectivity index (χ4v) is 4.05. The second kappa shape index (κ2) is 8.15. The average molecular weight is 402 g/mol. The van der Waals surface area contributed by atoms with E-state index in [0.717, 1.165) is 16.8 Å². The molecule has 2 amide bonds. The number of hydrogen-bond acceptors (Lipinski definition) is 4. The molecule has 0 bridgehead atoms. The summed E-state index contributed by atoms with van der Waals surface area (Å²) in [5.74, 6) is -0.346. The van der Waals surface area contributed by atoms with Crippen LogP contribution in [0.1, 0.15) is 17.5 Å². The fraction of sp³-hybridized carbons (Fsp3) is 0.250. The van der Waals surface area contributed by atoms with Gasteiger partial charge < -0.3 is 5.32 Å². The first-order valence-corrected chi connectivity index (χ1v) is 9.75. The van der Waals surface area contributed by atoms with E-state index in [0.29, 0.717) is 15.9 Å². The van der Waals surface area contributed by atoms with Gasteiger partial charge in [0.1, 0.15) is 5.25 Å². The average Bonchev–Trinajstić information content (AvgIpc) is 2.87. The second-order valence-electron chi connectivity index (χ2n) is 6.40. The van der Waals surface area contributed by atoms with Gasteiger partial charge in [0.25, 0.3) is 0 Å². The minimum atomic E-state index is -0.488. The molecule has 0 spiro atoms. The Morgan fingerprint density at radius 3 is 2.74 bits per heavy atom. The number of thioether (sulfide) groups is 1. The van der Waals surface area contributed by atoms with Crippen LogP contribution in [0, 0.1) is 13.8 Å². The summed E-state index contributed by atoms with van der Waals surface area (Å²) >= 11 is 7.40. The number of carbonyl (C=O) groups is 2. The molecule has 0 aliphatic carbocycles. The predicted molar refractivity (Wildman–Crippen MR) is 112 cm³/mol. The molecule has 0 saturated carbocycles. The molecule has 0 radical (unpaired) electrons. The van der Waals surface area contributed by atoms with Crippen LogP contribution >= 0.6 is 23.4 Å². The molecule has 0 aromatic heterocycles. The topological polar surface area (TPSA) is 61.8 Å². The van der Waals surface area contributed by atoms with E-state index in [9.17, 15) is 9.59 Å². The zero-order valence-corrected chi connectivity index (χ0v) is 16.9. The summed E-state index contributed by atoms with van der Waals surface area (Å²) in [5.41, 5.74) is 3.35. The maximum Gasteiger partial charge on any atom is 0.242 e. The third-order valence-electron chi connectivity index (χ3n) is 4.28. The van der Waals surface area contributed by atoms with Crippen LogP contribution in [-0.2, 0) is 9.59 Å². The third-order valence-corrected chi connectivity index (χ3v) is 5.92. The first kappa shape index (κ1) is 19.5. The van der Waals surface area contributed by atoms with Gasteiger partial charge in [0.2, 0.25) is 11.8 Å². The van der Waals surface area contributed by atoms with Crippen molar-refractivity contribution < 1.29 is 9.59 Å². The molecule has 140 valence electrons. The molecule has 0 unspecified atom stereocenters. The van der Waals surface area contributed by atoms with Crippen LogP contribution in [0.5, 0.6) is 0 Å². The van der Waals surface area contributed by atoms with Crippen molar-refractivity contribution >= 4 is 51.7 Å². The Balaban J connectivity index is 1.70. The minimum absolute atomic E-state index is 0.0760. The van der Waals surface area contributed by atoms with Crippen LogP contribution in [0.15, 0.2) is 47.5 Å². The van der Waals surface area contributed by atoms with Crippen molar-refractivity contribution in [2.24, 2.45) is 4.99 Å². The Bertz CT molecular complexity index is 929. The van der Waals surface area contributed by atoms with Gasteiger partial charge in [0, 0.05) is 24.2 Å². The highest BCUT2D eigenvalue weighted by Crippen LogP contribution is 2.31. The maximum absolute atomic E-state index is 12.5. The van der Waals surface area contributed by atoms with Crippen LogP contribution in [0.2, 0.25) is 5.02 Å². The summed E-state index contributed by atoms with van der Waals surface area (Å²) in [6, 6.07) is 13.1. The summed E-state index contributed by atoms with van der Waals surface area (Å²) in [5, 5.41) is 3.54. The predicted octanol–water partition coefficient (Wildman–Crippen LogP) is 4.55. The highest BCUT2D eigenvalue weighted by molar-refractivity contribution is 8.15. The maximum atomic E-state index is 12.5. The lowest BCUT2D eigenvalue weighted by atomic mass is 10.2. The molecule has 7 heteroatoms. The molecule has 1 N–H and O–H groups in total. The van der Waals surface area contributed by atoms with Gasteiger partial charge >= 0.3 is 0 Å². The summed E-state index contributed by atoms with van der Waals surface area (Å²) in [6.07, 6.45) is 0.0760. The number of nitrogens with zero attached hydrogens (tertiary/aromatic N) is 2. The van der Waals surface area contributed by atoms with Crippen LogP contribution < -0.4 is 5.32 Å². The highest BCUT2D eigenvalue weighted by atomic mass is 35.5. The van der Waals surface area contributed by atoms with Crippen LogP contribution in [0.25, 0.3) is 0 Å². The van der Waals surface area contributed by atoms with Gasteiger partial charge in [-0.3, -0.25) is 14.5 Å². The van der Waals surface area contributed by atoms with Crippen molar-refractivity contribution in [1.82, 2.24) is 4.90 Å². The van der Waals surface area contributed by atoms with Gasteiger partial charge in [-0.05, 0) is 49.2 Å². The third kappa shape index (κ3) is 4.51. The van der Waals surface area contributed by atoms with Crippen molar-refractivity contribution in [3.05, 3.63) is 58.6 Å². The highest BCUT2D eigenvalue weighted by Gasteiger charge is 2.37. The minimum Gasteiger partial charge on any atom is -0.326 e. The molecular formula is C20H20ClN3O2S. The molecule has 2 aromatic rings. The number of carbonyl (C=O) groups excluding carboxylic acids is 2. The molecular weight excluding hydrogens is 382 g/mol. The lowest BCUT2D eigenvalue weighted by Gasteiger charge is -2.11. The number of rotatable bonds is 4. The first-order valence-electron chi connectivity index (χ1n) is 8.49. The number of halogens is 1. The lowest BCUT2D eigenvalue weighted by molar-refractivity contribution is -0.127. The molecule has 1 saturated heterocycles. The summed E-state index contributed by atoms with van der Waals surface area (Å²) in [4.78, 5) is 31.0. The molecule has 2 aromatic carbocycles. The number of nitrogens with one attached hydrogen (secondary N) is 1. The van der Waals surface area contributed by atoms with Crippen LogP contribution in [0.3, 0.4) is 0 Å². The normalized spacial score (nSPS) is 18.2. The van der Waals surface area contributed by atoms with Gasteiger partial charge in [-0.25, -0.2) is 4.99 Å². The number of aryl methyl sites for hydroxylation is 1. The number of anilines is 1. The quantitative estimate of drug-likeness (QED) is 0.817. The second-order valence-corrected chi connectivity index (χ2v) is 7.98. The van der Waals surface area contributed by atoms with Gasteiger partial charge in [-0.2, -0.15) is 0 Å². The standard InChI is InChI=1S/C20H20ClN3O2S/c1-12-6-4-7-14(10-12)22-20-24(3)19(26)17(27-20)11-18(25)23-16-9-5-8-15(21)13(16)2/h4-10,17H,11H2,1-3H3,(H,23,25)/t17-/m1/s1. The van der Waals surface area contributed by atoms with Gasteiger partial charge in [0.05, 0.1) is 5.69 Å². The van der Waals surface area contributed by atoms with Crippen molar-refractivity contribution in [1.29, 1.82) is 0 Å². The van der Waals surface area contributed by atoms with E-state index in [1.807, 2.05) is 38.1 Å². The van der Waals surface area contributed by atoms with E-state index in [1.54, 1.807) is 25.2 Å². The van der Waals surface area contributed by atoms with E-state index in [-0.39, 0.29) is 18.2 Å². The van der Waals surface area contributed by atoms with Crippen molar-refractivity contribution in [3.8, 4) is 0 Å². The van der Waals surface area contributed by atoms with Crippen molar-refractivity contribution in [2.75, 3.05) is 12.4 Å². The van der Waals surface area contributed by atoms with Crippen LogP contribution in [-0.4, -0.2) is 34.2 Å². The van der Waals surface area contributed by atoms with Crippen LogP contribution in [0.4, 0.5) is 11.4 Å². The molecule has 5 nitrogen and oxygen atoms in total. The van der Waals surface area contributed by atoms with Crippen molar-refractivity contribution in [2.45, 2.75) is 25.5 Å². The molecule has 3 rings (SSSR count). The smallest absolute Gasteiger partial charge is 0.242 e. The number of amidine groups is 1. The van der Waals surface area contributed by atoms with E-state index in [2.05, 4.69) is 10.3 Å². The molecule has 1 aliphatic heterocycles. The zero-order chi connectivity index (χ0) is 19.6. The van der Waals surface area contributed by atoms with E-state index >= 15 is 0 Å². The molecule has 27 heavy (non-hydrogen) atoms. The lowest BCUT2D eigenvalue weighted by Crippen LogP contribution is -2.30. The Hall–Kier alpha value is -2.31. The van der Waals surface area contributed by atoms with Gasteiger partial charge in [0.15, 0.2) is 5.17 Å². The fourth-order valence-electron chi connectivity index (χ4n) is 2.72. The van der Waals surface area contributed by atoms with Gasteiger partial charge in [-0.15, -0.1) is 0 Å². The molecule has 1 heterocycles. The Labute approximate surface area is 167 Å². The summed E-state index contributed by atoms with van der Waals surface area (Å²) < 4.78 is 0. The summed E-state index contributed by atoms with van der Waals surface area (Å²) in [7, 11) is 1.68. The Morgan fingerprint density at radius 1 is 1.26 bits per heavy atom. The first-order chi connectivity index (χ1) is 12.8. The number of aliphatic imine (C=N–C) groups is 1. The SMILES string of the molecule is Cc1cccc(N=C2S[C@H](CC(=O)Nc3cccc(Cl)c3C)C(=O)N2C)c1. The Kier molecular flexibility index (Phi) is 5.87. The van der Waals surface area contributed by atoms with Crippen molar-refractivity contribution in [3.63, 3.8) is 0 Å². The van der Waals surface area contributed by atoms with Gasteiger partial charge in [-0.1, -0.05) is 41.6 Å². The largest absolute Gasteiger partial charge is 0.326 e. The van der Waals surface area contributed by atoms with E-state index in [4.69, 9.17) is 11.6 Å². The number of amides is 2. The summed E-state index contributed by atoms with van der Waals surface area (Å²) in [6.45, 7) is 3.83. The monoisotopic (exact) mass is 401 g/mol. The molecule has 1 aliphatic rings. The Morgan fingerprint density at radius 2 is 2.00 bits per heavy atom. The van der Waals surface area contributed by atoms with E-state index < -0.39 is 5.25 Å². The number of hydrogen-bond donors (Lipinski definition) is 1. The van der Waals surface area contributed by atoms with E-state index in [1.165, 1.54) is 16.7 Å². The zero-order valence-electron chi connectivity index (χ0n) is 15.3. The number of benzene rings is 2. The molecule has 1 fully saturated rings. The molecule has 1 atom stereocenters.